The summed E-state index contributed by atoms with van der Waals surface area (Å²) in [4.78, 5) is 26.2. The summed E-state index contributed by atoms with van der Waals surface area (Å²) >= 11 is 0. The molecule has 3 aromatic heterocycles. The first-order valence-corrected chi connectivity index (χ1v) is 9.62. The zero-order valence-corrected chi connectivity index (χ0v) is 17.1. The average Bonchev–Trinajstić information content (AvgIpc) is 3.35. The SMILES string of the molecule is Cc1noc(C(=O)N(C)[C@@H](C)CCCc2nc3c4cc(F)cc(F)c4nc(N)n3n2)n1. The van der Waals surface area contributed by atoms with Crippen molar-refractivity contribution in [1.82, 2.24) is 34.6 Å². The van der Waals surface area contributed by atoms with Crippen molar-refractivity contribution < 1.29 is 18.1 Å². The molecule has 0 radical (unpaired) electrons. The van der Waals surface area contributed by atoms with Crippen LogP contribution in [0.5, 0.6) is 0 Å². The molecule has 1 aromatic carbocycles. The Bertz CT molecular complexity index is 1290. The van der Waals surface area contributed by atoms with Crippen molar-refractivity contribution in [2.45, 2.75) is 39.2 Å². The van der Waals surface area contributed by atoms with Crippen molar-refractivity contribution >= 4 is 28.4 Å². The van der Waals surface area contributed by atoms with Gasteiger partial charge in [-0.25, -0.2) is 18.7 Å². The van der Waals surface area contributed by atoms with E-state index in [0.717, 1.165) is 12.1 Å². The lowest BCUT2D eigenvalue weighted by Gasteiger charge is -2.23. The van der Waals surface area contributed by atoms with E-state index in [9.17, 15) is 13.6 Å². The number of amides is 1. The van der Waals surface area contributed by atoms with E-state index in [1.54, 1.807) is 14.0 Å². The highest BCUT2D eigenvalue weighted by Crippen LogP contribution is 2.23. The summed E-state index contributed by atoms with van der Waals surface area (Å²) in [6.45, 7) is 3.54. The molecule has 0 fully saturated rings. The molecule has 4 aromatic rings. The van der Waals surface area contributed by atoms with Crippen LogP contribution >= 0.6 is 0 Å². The van der Waals surface area contributed by atoms with E-state index in [4.69, 9.17) is 10.3 Å². The Morgan fingerprint density at radius 3 is 2.77 bits per heavy atom. The largest absolute Gasteiger partial charge is 0.368 e. The zero-order valence-electron chi connectivity index (χ0n) is 17.1. The van der Waals surface area contributed by atoms with Crippen LogP contribution < -0.4 is 5.73 Å². The topological polar surface area (TPSA) is 128 Å². The first-order valence-electron chi connectivity index (χ1n) is 9.62. The molecule has 10 nitrogen and oxygen atoms in total. The molecule has 0 aliphatic carbocycles. The van der Waals surface area contributed by atoms with Gasteiger partial charge in [0, 0.05) is 25.6 Å². The molecule has 0 spiro atoms. The van der Waals surface area contributed by atoms with Crippen LogP contribution in [0.2, 0.25) is 0 Å². The zero-order chi connectivity index (χ0) is 22.3. The lowest BCUT2D eigenvalue weighted by atomic mass is 10.1. The Balaban J connectivity index is 1.47. The lowest BCUT2D eigenvalue weighted by Crippen LogP contribution is -2.35. The van der Waals surface area contributed by atoms with Gasteiger partial charge >= 0.3 is 11.8 Å². The van der Waals surface area contributed by atoms with Crippen LogP contribution in [0.1, 0.15) is 42.1 Å². The number of aryl methyl sites for hydroxylation is 2. The number of rotatable bonds is 6. The highest BCUT2D eigenvalue weighted by molar-refractivity contribution is 5.92. The summed E-state index contributed by atoms with van der Waals surface area (Å²) in [5, 5.41) is 8.13. The number of carbonyl (C=O) groups is 1. The minimum Gasteiger partial charge on any atom is -0.368 e. The number of nitrogens with two attached hydrogens (primary N) is 1. The number of hydrogen-bond acceptors (Lipinski definition) is 8. The van der Waals surface area contributed by atoms with Crippen LogP contribution in [0.4, 0.5) is 14.7 Å². The average molecular weight is 430 g/mol. The Labute approximate surface area is 175 Å². The second-order valence-corrected chi connectivity index (χ2v) is 7.32. The Hall–Kier alpha value is -3.70. The third kappa shape index (κ3) is 3.88. The van der Waals surface area contributed by atoms with Crippen molar-refractivity contribution in [2.75, 3.05) is 12.8 Å². The minimum absolute atomic E-state index is 0.0414. The normalized spacial score (nSPS) is 12.5. The number of carbonyl (C=O) groups excluding carboxylic acids is 1. The van der Waals surface area contributed by atoms with Gasteiger partial charge < -0.3 is 15.2 Å². The molecule has 0 saturated carbocycles. The Morgan fingerprint density at radius 1 is 1.29 bits per heavy atom. The molecular formula is C19H20F2N8O2. The van der Waals surface area contributed by atoms with Crippen molar-refractivity contribution in [3.8, 4) is 0 Å². The maximum atomic E-state index is 14.1. The molecule has 0 aliphatic heterocycles. The van der Waals surface area contributed by atoms with E-state index in [1.807, 2.05) is 6.92 Å². The lowest BCUT2D eigenvalue weighted by molar-refractivity contribution is 0.0685. The van der Waals surface area contributed by atoms with Crippen LogP contribution in [0, 0.1) is 18.6 Å². The Morgan fingerprint density at radius 2 is 2.06 bits per heavy atom. The second kappa shape index (κ2) is 7.85. The quantitative estimate of drug-likeness (QED) is 0.493. The smallest absolute Gasteiger partial charge is 0.316 e. The van der Waals surface area contributed by atoms with E-state index in [2.05, 4.69) is 25.2 Å². The van der Waals surface area contributed by atoms with Gasteiger partial charge in [0.15, 0.2) is 23.1 Å². The summed E-state index contributed by atoms with van der Waals surface area (Å²) < 4.78 is 33.9. The molecule has 31 heavy (non-hydrogen) atoms. The van der Waals surface area contributed by atoms with E-state index in [1.165, 1.54) is 9.42 Å². The molecule has 12 heteroatoms. The van der Waals surface area contributed by atoms with E-state index >= 15 is 0 Å². The summed E-state index contributed by atoms with van der Waals surface area (Å²) in [5.74, 6) is -1.15. The third-order valence-corrected chi connectivity index (χ3v) is 5.08. The number of hydrogen-bond donors (Lipinski definition) is 1. The van der Waals surface area contributed by atoms with Crippen molar-refractivity contribution in [2.24, 2.45) is 0 Å². The van der Waals surface area contributed by atoms with E-state index in [-0.39, 0.29) is 40.3 Å². The Kier molecular flexibility index (Phi) is 5.21. The first-order chi connectivity index (χ1) is 14.7. The summed E-state index contributed by atoms with van der Waals surface area (Å²) in [5.41, 5.74) is 6.05. The first kappa shape index (κ1) is 20.6. The van der Waals surface area contributed by atoms with Gasteiger partial charge in [-0.15, -0.1) is 5.10 Å². The van der Waals surface area contributed by atoms with Gasteiger partial charge in [-0.2, -0.15) is 9.50 Å². The fourth-order valence-corrected chi connectivity index (χ4v) is 3.29. The van der Waals surface area contributed by atoms with Gasteiger partial charge in [-0.05, 0) is 32.8 Å². The number of halogens is 2. The van der Waals surface area contributed by atoms with Gasteiger partial charge in [-0.1, -0.05) is 5.16 Å². The third-order valence-electron chi connectivity index (χ3n) is 5.08. The van der Waals surface area contributed by atoms with Crippen LogP contribution in [0.25, 0.3) is 16.6 Å². The highest BCUT2D eigenvalue weighted by atomic mass is 19.1. The fourth-order valence-electron chi connectivity index (χ4n) is 3.29. The molecule has 0 bridgehead atoms. The monoisotopic (exact) mass is 430 g/mol. The van der Waals surface area contributed by atoms with Gasteiger partial charge in [-0.3, -0.25) is 4.79 Å². The number of nitrogens with zero attached hydrogens (tertiary/aromatic N) is 7. The van der Waals surface area contributed by atoms with Gasteiger partial charge in [0.1, 0.15) is 11.3 Å². The highest BCUT2D eigenvalue weighted by Gasteiger charge is 2.23. The molecule has 0 aliphatic rings. The maximum absolute atomic E-state index is 14.1. The van der Waals surface area contributed by atoms with Gasteiger partial charge in [0.05, 0.1) is 5.39 Å². The fraction of sp³-hybridized carbons (Fsp3) is 0.368. The van der Waals surface area contributed by atoms with Crippen LogP contribution in [-0.2, 0) is 6.42 Å². The summed E-state index contributed by atoms with van der Waals surface area (Å²) in [7, 11) is 1.66. The molecule has 0 unspecified atom stereocenters. The molecular weight excluding hydrogens is 410 g/mol. The molecule has 3 heterocycles. The predicted molar refractivity (Wildman–Crippen MR) is 106 cm³/mol. The predicted octanol–water partition coefficient (Wildman–Crippen LogP) is 2.31. The van der Waals surface area contributed by atoms with Crippen molar-refractivity contribution in [3.05, 3.63) is 41.3 Å². The van der Waals surface area contributed by atoms with Crippen LogP contribution in [-0.4, -0.2) is 53.6 Å². The number of benzene rings is 1. The number of fused-ring (bicyclic) bond motifs is 3. The van der Waals surface area contributed by atoms with Gasteiger partial charge in [0.25, 0.3) is 0 Å². The number of nitrogen functional groups attached to an aromatic ring is 1. The van der Waals surface area contributed by atoms with Crippen LogP contribution in [0.3, 0.4) is 0 Å². The van der Waals surface area contributed by atoms with Crippen molar-refractivity contribution in [3.63, 3.8) is 0 Å². The minimum atomic E-state index is -0.813. The molecule has 0 saturated heterocycles. The molecule has 1 atom stereocenters. The van der Waals surface area contributed by atoms with Crippen molar-refractivity contribution in [1.29, 1.82) is 0 Å². The molecule has 4 rings (SSSR count). The van der Waals surface area contributed by atoms with Crippen LogP contribution in [0.15, 0.2) is 16.7 Å². The molecule has 2 N–H and O–H groups in total. The number of aromatic nitrogens is 6. The van der Waals surface area contributed by atoms with Gasteiger partial charge in [0.2, 0.25) is 5.95 Å². The standard InChI is InChI=1S/C19H20F2N8O2/c1-9(28(3)18(30)17-23-10(2)27-31-17)5-4-6-14-24-16-12-7-11(20)8-13(21)15(12)25-19(22)29(16)26-14/h7-9H,4-6H2,1-3H3,(H2,22,25)/t9-/m0/s1. The molecule has 162 valence electrons. The maximum Gasteiger partial charge on any atom is 0.316 e. The van der Waals surface area contributed by atoms with E-state index in [0.29, 0.717) is 30.9 Å². The second-order valence-electron chi connectivity index (χ2n) is 7.32. The molecule has 1 amide bonds. The summed E-state index contributed by atoms with van der Waals surface area (Å²) in [6, 6.07) is 1.80. The van der Waals surface area contributed by atoms with E-state index < -0.39 is 11.6 Å². The number of anilines is 1. The summed E-state index contributed by atoms with van der Waals surface area (Å²) in [6.07, 6.45) is 1.79.